The molecule has 3 aromatic rings. The summed E-state index contributed by atoms with van der Waals surface area (Å²) in [5.41, 5.74) is 3.59. The van der Waals surface area contributed by atoms with E-state index in [0.717, 1.165) is 0 Å². The van der Waals surface area contributed by atoms with Crippen LogP contribution in [0.15, 0.2) is 72.8 Å². The van der Waals surface area contributed by atoms with Crippen LogP contribution in [0.4, 0.5) is 0 Å². The first kappa shape index (κ1) is 24.0. The van der Waals surface area contributed by atoms with Crippen LogP contribution < -0.4 is 0 Å². The molecule has 0 N–H and O–H groups in total. The second-order valence-electron chi connectivity index (χ2n) is 4.99. The van der Waals surface area contributed by atoms with Gasteiger partial charge in [0.05, 0.1) is 0 Å². The number of rotatable bonds is 3. The van der Waals surface area contributed by atoms with Gasteiger partial charge >= 0.3 is 0 Å². The molecule has 107 valence electrons. The third-order valence-electron chi connectivity index (χ3n) is 3.89. The van der Waals surface area contributed by atoms with Crippen LogP contribution in [-0.4, -0.2) is 0 Å². The van der Waals surface area contributed by atoms with Crippen molar-refractivity contribution < 1.29 is 98.1 Å². The van der Waals surface area contributed by atoms with Crippen molar-refractivity contribution in [1.82, 2.24) is 0 Å². The van der Waals surface area contributed by atoms with Crippen LogP contribution >= 0.6 is 0 Å². The van der Waals surface area contributed by atoms with E-state index in [-0.39, 0.29) is 104 Å². The zero-order valence-corrected chi connectivity index (χ0v) is 21.7. The van der Waals surface area contributed by atoms with E-state index < -0.39 is 0 Å². The zero-order chi connectivity index (χ0) is 13.8. The number of hydrogen-bond donors (Lipinski definition) is 0. The average Bonchev–Trinajstić information content (AvgIpc) is 2.56. The molecular formula is C20H15Y3-3. The molecule has 0 nitrogen and oxygen atoms in total. The maximum Gasteiger partial charge on any atom is 0 e. The minimum absolute atomic E-state index is 0. The van der Waals surface area contributed by atoms with Crippen molar-refractivity contribution in [3.8, 4) is 0 Å². The third kappa shape index (κ3) is 5.47. The van der Waals surface area contributed by atoms with Gasteiger partial charge in [-0.25, -0.2) is 0 Å². The summed E-state index contributed by atoms with van der Waals surface area (Å²) >= 11 is 0. The van der Waals surface area contributed by atoms with Crippen molar-refractivity contribution in [2.24, 2.45) is 0 Å². The summed E-state index contributed by atoms with van der Waals surface area (Å²) in [5, 5.41) is 0. The van der Waals surface area contributed by atoms with Gasteiger partial charge in [-0.05, 0) is 5.41 Å². The molecule has 0 saturated heterocycles. The SMILES string of the molecule is CC(c1cc[c-]cc1)(c1cc[c-]cc1)c1cc[c-]cc1.[Y].[Y].[Y]. The first-order valence-corrected chi connectivity index (χ1v) is 6.71. The van der Waals surface area contributed by atoms with Gasteiger partial charge in [0.2, 0.25) is 0 Å². The van der Waals surface area contributed by atoms with Crippen LogP contribution in [-0.2, 0) is 104 Å². The summed E-state index contributed by atoms with van der Waals surface area (Å²) in [4.78, 5) is 0. The molecule has 3 aromatic carbocycles. The van der Waals surface area contributed by atoms with Gasteiger partial charge in [0.15, 0.2) is 0 Å². The Morgan fingerprint density at radius 2 is 0.739 bits per heavy atom. The second-order valence-corrected chi connectivity index (χ2v) is 4.99. The fraction of sp³-hybridized carbons (Fsp3) is 0.100. The van der Waals surface area contributed by atoms with Crippen LogP contribution in [0.2, 0.25) is 0 Å². The van der Waals surface area contributed by atoms with E-state index in [4.69, 9.17) is 0 Å². The summed E-state index contributed by atoms with van der Waals surface area (Å²) in [5.74, 6) is 0. The molecule has 0 fully saturated rings. The Morgan fingerprint density at radius 1 is 0.522 bits per heavy atom. The Labute approximate surface area is 214 Å². The summed E-state index contributed by atoms with van der Waals surface area (Å²) < 4.78 is 0. The summed E-state index contributed by atoms with van der Waals surface area (Å²) in [6, 6.07) is 33.9. The van der Waals surface area contributed by atoms with Gasteiger partial charge in [-0.2, -0.15) is 91.0 Å². The molecule has 0 saturated carbocycles. The normalized spacial score (nSPS) is 9.78. The molecule has 0 aliphatic carbocycles. The number of hydrogen-bond acceptors (Lipinski definition) is 0. The van der Waals surface area contributed by atoms with Crippen LogP contribution in [0.1, 0.15) is 23.6 Å². The predicted octanol–water partition coefficient (Wildman–Crippen LogP) is 4.43. The van der Waals surface area contributed by atoms with Crippen LogP contribution in [0.5, 0.6) is 0 Å². The Balaban J connectivity index is 0.00000161. The largest absolute Gasteiger partial charge is 0.184 e. The van der Waals surface area contributed by atoms with E-state index in [2.05, 4.69) is 61.5 Å². The van der Waals surface area contributed by atoms with Crippen LogP contribution in [0.3, 0.4) is 0 Å². The molecule has 0 aromatic heterocycles. The Bertz CT molecular complexity index is 570. The van der Waals surface area contributed by atoms with Gasteiger partial charge in [0.25, 0.3) is 0 Å². The molecule has 3 radical (unpaired) electrons. The average molecular weight is 522 g/mol. The predicted molar refractivity (Wildman–Crippen MR) is 81.4 cm³/mol. The van der Waals surface area contributed by atoms with Crippen molar-refractivity contribution in [2.75, 3.05) is 0 Å². The van der Waals surface area contributed by atoms with E-state index in [1.807, 2.05) is 36.4 Å². The van der Waals surface area contributed by atoms with Crippen LogP contribution in [0, 0.1) is 18.2 Å². The van der Waals surface area contributed by atoms with E-state index in [1.54, 1.807) is 0 Å². The molecule has 0 unspecified atom stereocenters. The van der Waals surface area contributed by atoms with Crippen molar-refractivity contribution in [1.29, 1.82) is 0 Å². The first-order valence-electron chi connectivity index (χ1n) is 6.71. The number of benzene rings is 3. The fourth-order valence-corrected chi connectivity index (χ4v) is 2.66. The van der Waals surface area contributed by atoms with Crippen molar-refractivity contribution in [2.45, 2.75) is 12.3 Å². The van der Waals surface area contributed by atoms with E-state index in [9.17, 15) is 0 Å². The maximum atomic E-state index is 3.10. The molecule has 0 atom stereocenters. The van der Waals surface area contributed by atoms with Gasteiger partial charge in [-0.1, -0.05) is 6.92 Å². The summed E-state index contributed by atoms with van der Waals surface area (Å²) in [7, 11) is 0. The Kier molecular flexibility index (Phi) is 12.0. The van der Waals surface area contributed by atoms with Crippen molar-refractivity contribution in [3.63, 3.8) is 0 Å². The maximum absolute atomic E-state index is 3.10. The molecule has 0 amide bonds. The minimum Gasteiger partial charge on any atom is -0.184 e. The van der Waals surface area contributed by atoms with Gasteiger partial charge in [-0.15, -0.1) is 16.7 Å². The topological polar surface area (TPSA) is 0 Å². The molecule has 3 rings (SSSR count). The summed E-state index contributed by atoms with van der Waals surface area (Å²) in [6.45, 7) is 2.26. The molecule has 0 aliphatic rings. The Hall–Kier alpha value is 0.972. The zero-order valence-electron chi connectivity index (χ0n) is 13.2. The smallest absolute Gasteiger partial charge is 0 e. The van der Waals surface area contributed by atoms with Crippen molar-refractivity contribution >= 4 is 0 Å². The molecule has 3 heteroatoms. The first-order chi connectivity index (χ1) is 9.82. The standard InChI is InChI=1S/C20H15.3Y/c1-20(17-11-5-2-6-12-17,18-13-7-3-8-14-18)19-15-9-4-10-16-19;;;/h5-16H,1H3;;;/q-3;;;. The second kappa shape index (κ2) is 11.6. The molecule has 0 spiro atoms. The molecular weight excluding hydrogens is 507 g/mol. The molecule has 23 heavy (non-hydrogen) atoms. The summed E-state index contributed by atoms with van der Waals surface area (Å²) in [6.07, 6.45) is 0. The molecule has 0 aliphatic heterocycles. The van der Waals surface area contributed by atoms with Gasteiger partial charge < -0.3 is 0 Å². The van der Waals surface area contributed by atoms with E-state index >= 15 is 0 Å². The molecule has 0 heterocycles. The van der Waals surface area contributed by atoms with Crippen molar-refractivity contribution in [3.05, 3.63) is 108 Å². The van der Waals surface area contributed by atoms with Gasteiger partial charge in [0.1, 0.15) is 0 Å². The van der Waals surface area contributed by atoms with E-state index in [0.29, 0.717) is 0 Å². The molecule has 0 bridgehead atoms. The quantitative estimate of drug-likeness (QED) is 0.353. The third-order valence-corrected chi connectivity index (χ3v) is 3.89. The monoisotopic (exact) mass is 522 g/mol. The van der Waals surface area contributed by atoms with Gasteiger partial charge in [0, 0.05) is 98.1 Å². The Morgan fingerprint density at radius 3 is 0.957 bits per heavy atom. The minimum atomic E-state index is -0.181. The van der Waals surface area contributed by atoms with E-state index in [1.165, 1.54) is 16.7 Å². The fourth-order valence-electron chi connectivity index (χ4n) is 2.66. The van der Waals surface area contributed by atoms with Crippen LogP contribution in [0.25, 0.3) is 0 Å². The van der Waals surface area contributed by atoms with Gasteiger partial charge in [-0.3, -0.25) is 0 Å².